The van der Waals surface area contributed by atoms with Gasteiger partial charge in [-0.3, -0.25) is 19.3 Å². The van der Waals surface area contributed by atoms with Crippen molar-refractivity contribution in [3.63, 3.8) is 0 Å². The molecule has 0 aromatic heterocycles. The summed E-state index contributed by atoms with van der Waals surface area (Å²) in [6, 6.07) is 14.2. The summed E-state index contributed by atoms with van der Waals surface area (Å²) < 4.78 is 0. The van der Waals surface area contributed by atoms with E-state index in [9.17, 15) is 14.4 Å². The molecule has 0 unspecified atom stereocenters. The number of carbonyl (C=O) groups excluding carboxylic acids is 3. The lowest BCUT2D eigenvalue weighted by molar-refractivity contribution is -0.123. The van der Waals surface area contributed by atoms with Crippen molar-refractivity contribution in [2.75, 3.05) is 10.2 Å². The molecule has 1 saturated heterocycles. The molecule has 1 aliphatic heterocycles. The van der Waals surface area contributed by atoms with Gasteiger partial charge >= 0.3 is 0 Å². The molecule has 5 rings (SSSR count). The first-order valence-electron chi connectivity index (χ1n) is 9.57. The van der Waals surface area contributed by atoms with Gasteiger partial charge in [-0.2, -0.15) is 0 Å². The number of nitrogens with one attached hydrogen (secondary N) is 1. The maximum absolute atomic E-state index is 12.9. The molecule has 2 aromatic rings. The molecule has 28 heavy (non-hydrogen) atoms. The van der Waals surface area contributed by atoms with Crippen molar-refractivity contribution in [1.82, 2.24) is 0 Å². The van der Waals surface area contributed by atoms with Gasteiger partial charge in [0.15, 0.2) is 0 Å². The summed E-state index contributed by atoms with van der Waals surface area (Å²) in [7, 11) is 0. The molecule has 2 aliphatic carbocycles. The van der Waals surface area contributed by atoms with Crippen molar-refractivity contribution in [2.45, 2.75) is 13.3 Å². The second kappa shape index (κ2) is 6.16. The van der Waals surface area contributed by atoms with Gasteiger partial charge < -0.3 is 5.32 Å². The van der Waals surface area contributed by atoms with Crippen molar-refractivity contribution < 1.29 is 14.4 Å². The first-order chi connectivity index (χ1) is 13.5. The third-order valence-electron chi connectivity index (χ3n) is 6.17. The lowest BCUT2D eigenvalue weighted by Crippen LogP contribution is -2.32. The highest BCUT2D eigenvalue weighted by Crippen LogP contribution is 2.53. The average Bonchev–Trinajstić information content (AvgIpc) is 3.38. The molecule has 3 amide bonds. The Morgan fingerprint density at radius 3 is 2.04 bits per heavy atom. The van der Waals surface area contributed by atoms with Crippen LogP contribution in [0.3, 0.4) is 0 Å². The molecule has 0 radical (unpaired) electrons. The van der Waals surface area contributed by atoms with Crippen LogP contribution in [0.15, 0.2) is 60.7 Å². The zero-order valence-corrected chi connectivity index (χ0v) is 15.5. The van der Waals surface area contributed by atoms with Crippen molar-refractivity contribution in [2.24, 2.45) is 23.7 Å². The number of allylic oxidation sites excluding steroid dienone is 2. The van der Waals surface area contributed by atoms with Gasteiger partial charge in [0.2, 0.25) is 11.8 Å². The molecule has 2 bridgehead atoms. The summed E-state index contributed by atoms with van der Waals surface area (Å²) in [4.78, 5) is 39.5. The zero-order chi connectivity index (χ0) is 19.4. The van der Waals surface area contributed by atoms with Crippen molar-refractivity contribution in [1.29, 1.82) is 0 Å². The van der Waals surface area contributed by atoms with Crippen LogP contribution in [0.4, 0.5) is 11.4 Å². The Labute approximate surface area is 163 Å². The summed E-state index contributed by atoms with van der Waals surface area (Å²) in [5.41, 5.74) is 2.86. The molecule has 2 fully saturated rings. The number of nitrogens with zero attached hydrogens (tertiary/aromatic N) is 1. The SMILES string of the molecule is Cc1ccc(NC(=O)c2ccc(N3C(=O)[C@@H]4[C@@H](C3=O)[C@@H]3C=C[C@@H]4C3)cc2)cc1. The summed E-state index contributed by atoms with van der Waals surface area (Å²) in [5.74, 6) is -0.493. The summed E-state index contributed by atoms with van der Waals surface area (Å²) >= 11 is 0. The van der Waals surface area contributed by atoms with Crippen LogP contribution in [-0.4, -0.2) is 17.7 Å². The third-order valence-corrected chi connectivity index (χ3v) is 6.17. The molecular formula is C23H20N2O3. The minimum absolute atomic E-state index is 0.108. The van der Waals surface area contributed by atoms with Crippen molar-refractivity contribution >= 4 is 29.1 Å². The highest BCUT2D eigenvalue weighted by Gasteiger charge is 2.59. The standard InChI is InChI=1S/C23H20N2O3/c1-13-2-8-17(9-3-13)24-21(26)14-6-10-18(11-7-14)25-22(27)19-15-4-5-16(12-15)20(19)23(25)28/h2-11,15-16,19-20H,12H2,1H3,(H,24,26)/t15-,16-,19+,20+/m1/s1. The fourth-order valence-corrected chi connectivity index (χ4v) is 4.76. The molecule has 140 valence electrons. The number of imide groups is 1. The van der Waals surface area contributed by atoms with E-state index in [1.54, 1.807) is 24.3 Å². The van der Waals surface area contributed by atoms with E-state index in [1.807, 2.05) is 31.2 Å². The molecular weight excluding hydrogens is 352 g/mol. The summed E-state index contributed by atoms with van der Waals surface area (Å²) in [6.07, 6.45) is 5.08. The van der Waals surface area contributed by atoms with Crippen LogP contribution in [-0.2, 0) is 9.59 Å². The third kappa shape index (κ3) is 2.50. The summed E-state index contributed by atoms with van der Waals surface area (Å²) in [6.45, 7) is 1.99. The van der Waals surface area contributed by atoms with E-state index in [4.69, 9.17) is 0 Å². The maximum Gasteiger partial charge on any atom is 0.255 e. The van der Waals surface area contributed by atoms with E-state index in [1.165, 1.54) is 4.90 Å². The highest BCUT2D eigenvalue weighted by molar-refractivity contribution is 6.23. The first-order valence-corrected chi connectivity index (χ1v) is 9.57. The molecule has 1 N–H and O–H groups in total. The molecule has 2 aromatic carbocycles. The predicted octanol–water partition coefficient (Wildman–Crippen LogP) is 3.56. The number of amides is 3. The molecule has 1 saturated carbocycles. The monoisotopic (exact) mass is 372 g/mol. The first kappa shape index (κ1) is 16.9. The van der Waals surface area contributed by atoms with Crippen LogP contribution < -0.4 is 10.2 Å². The fourth-order valence-electron chi connectivity index (χ4n) is 4.76. The average molecular weight is 372 g/mol. The van der Waals surface area contributed by atoms with Crippen molar-refractivity contribution in [3.05, 3.63) is 71.8 Å². The number of aryl methyl sites for hydroxylation is 1. The minimum atomic E-state index is -0.228. The Hall–Kier alpha value is -3.21. The second-order valence-electron chi connectivity index (χ2n) is 7.88. The lowest BCUT2D eigenvalue weighted by atomic mass is 9.85. The number of fused-ring (bicyclic) bond motifs is 5. The van der Waals surface area contributed by atoms with Crippen molar-refractivity contribution in [3.8, 4) is 0 Å². The van der Waals surface area contributed by atoms with E-state index in [2.05, 4.69) is 17.5 Å². The van der Waals surface area contributed by atoms with Crippen LogP contribution >= 0.6 is 0 Å². The lowest BCUT2D eigenvalue weighted by Gasteiger charge is -2.17. The van der Waals surface area contributed by atoms with Gasteiger partial charge in [0, 0.05) is 11.3 Å². The smallest absolute Gasteiger partial charge is 0.255 e. The van der Waals surface area contributed by atoms with Gasteiger partial charge in [-0.25, -0.2) is 0 Å². The Kier molecular flexibility index (Phi) is 3.72. The molecule has 5 nitrogen and oxygen atoms in total. The Morgan fingerprint density at radius 2 is 1.46 bits per heavy atom. The minimum Gasteiger partial charge on any atom is -0.322 e. The van der Waals surface area contributed by atoms with E-state index >= 15 is 0 Å². The van der Waals surface area contributed by atoms with Gasteiger partial charge in [-0.15, -0.1) is 0 Å². The Balaban J connectivity index is 1.34. The number of anilines is 2. The highest BCUT2D eigenvalue weighted by atomic mass is 16.2. The summed E-state index contributed by atoms with van der Waals surface area (Å²) in [5, 5.41) is 2.85. The molecule has 5 heteroatoms. The normalized spacial score (nSPS) is 27.4. The number of carbonyl (C=O) groups is 3. The zero-order valence-electron chi connectivity index (χ0n) is 15.5. The van der Waals surface area contributed by atoms with E-state index in [0.29, 0.717) is 11.3 Å². The maximum atomic E-state index is 12.9. The van der Waals surface area contributed by atoms with Gasteiger partial charge in [0.05, 0.1) is 17.5 Å². The van der Waals surface area contributed by atoms with Crippen LogP contribution in [0.2, 0.25) is 0 Å². The van der Waals surface area contributed by atoms with E-state index in [0.717, 1.165) is 17.7 Å². The van der Waals surface area contributed by atoms with Gasteiger partial charge in [-0.1, -0.05) is 29.8 Å². The predicted molar refractivity (Wildman–Crippen MR) is 106 cm³/mol. The van der Waals surface area contributed by atoms with Crippen LogP contribution in [0, 0.1) is 30.6 Å². The number of benzene rings is 2. The molecule has 0 spiro atoms. The number of hydrogen-bond acceptors (Lipinski definition) is 3. The Morgan fingerprint density at radius 1 is 0.893 bits per heavy atom. The molecule has 1 heterocycles. The fraction of sp³-hybridized carbons (Fsp3) is 0.261. The Bertz CT molecular complexity index is 977. The number of hydrogen-bond donors (Lipinski definition) is 1. The molecule has 3 aliphatic rings. The number of rotatable bonds is 3. The topological polar surface area (TPSA) is 66.5 Å². The van der Waals surface area contributed by atoms with Gasteiger partial charge in [0.25, 0.3) is 5.91 Å². The largest absolute Gasteiger partial charge is 0.322 e. The van der Waals surface area contributed by atoms with Crippen LogP contribution in [0.25, 0.3) is 0 Å². The second-order valence-corrected chi connectivity index (χ2v) is 7.88. The van der Waals surface area contributed by atoms with E-state index < -0.39 is 0 Å². The van der Waals surface area contributed by atoms with Gasteiger partial charge in [-0.05, 0) is 61.6 Å². The quantitative estimate of drug-likeness (QED) is 0.662. The van der Waals surface area contributed by atoms with E-state index in [-0.39, 0.29) is 41.4 Å². The van der Waals surface area contributed by atoms with Crippen LogP contribution in [0.1, 0.15) is 22.3 Å². The van der Waals surface area contributed by atoms with Gasteiger partial charge in [0.1, 0.15) is 0 Å². The molecule has 4 atom stereocenters. The van der Waals surface area contributed by atoms with Crippen LogP contribution in [0.5, 0.6) is 0 Å².